The highest BCUT2D eigenvalue weighted by molar-refractivity contribution is 5.20. The van der Waals surface area contributed by atoms with Crippen molar-refractivity contribution in [2.45, 2.75) is 78.3 Å². The van der Waals surface area contributed by atoms with Gasteiger partial charge < -0.3 is 5.32 Å². The number of aromatic nitrogens is 2. The van der Waals surface area contributed by atoms with Gasteiger partial charge >= 0.3 is 0 Å². The molecule has 1 aromatic heterocycles. The first-order valence-corrected chi connectivity index (χ1v) is 8.75. The van der Waals surface area contributed by atoms with Crippen LogP contribution in [-0.2, 0) is 12.0 Å². The number of hydrogen-bond donors (Lipinski definition) is 1. The van der Waals surface area contributed by atoms with Gasteiger partial charge in [0, 0.05) is 18.8 Å². The summed E-state index contributed by atoms with van der Waals surface area (Å²) in [7, 11) is 0. The Balaban J connectivity index is 2.18. The van der Waals surface area contributed by atoms with Gasteiger partial charge in [-0.1, -0.05) is 34.1 Å². The van der Waals surface area contributed by atoms with Crippen molar-refractivity contribution >= 4 is 0 Å². The minimum Gasteiger partial charge on any atom is -0.314 e. The van der Waals surface area contributed by atoms with Crippen molar-refractivity contribution in [3.8, 4) is 0 Å². The third kappa shape index (κ3) is 3.68. The van der Waals surface area contributed by atoms with Crippen LogP contribution in [0.15, 0.2) is 12.4 Å². The summed E-state index contributed by atoms with van der Waals surface area (Å²) >= 11 is 0. The fraction of sp³-hybridized carbons (Fsp3) is 0.833. The van der Waals surface area contributed by atoms with Gasteiger partial charge in [0.25, 0.3) is 0 Å². The Bertz CT molecular complexity index is 435. The molecule has 0 aromatic carbocycles. The summed E-state index contributed by atoms with van der Waals surface area (Å²) in [6.45, 7) is 13.7. The lowest BCUT2D eigenvalue weighted by Gasteiger charge is -2.44. The number of nitrogens with one attached hydrogen (secondary N) is 1. The average molecular weight is 291 g/mol. The second kappa shape index (κ2) is 6.95. The molecule has 21 heavy (non-hydrogen) atoms. The molecule has 2 rings (SSSR count). The zero-order valence-electron chi connectivity index (χ0n) is 14.5. The molecule has 0 radical (unpaired) electrons. The van der Waals surface area contributed by atoms with Crippen molar-refractivity contribution in [3.05, 3.63) is 18.0 Å². The van der Waals surface area contributed by atoms with Crippen LogP contribution in [0.1, 0.15) is 65.9 Å². The molecule has 1 fully saturated rings. The largest absolute Gasteiger partial charge is 0.314 e. The second-order valence-electron chi connectivity index (χ2n) is 7.39. The number of nitrogens with zero attached hydrogens (tertiary/aromatic N) is 2. The van der Waals surface area contributed by atoms with Crippen LogP contribution in [0.5, 0.6) is 0 Å². The smallest absolute Gasteiger partial charge is 0.0527 e. The molecule has 1 N–H and O–H groups in total. The van der Waals surface area contributed by atoms with Crippen LogP contribution >= 0.6 is 0 Å². The van der Waals surface area contributed by atoms with Crippen molar-refractivity contribution in [3.63, 3.8) is 0 Å². The zero-order valence-corrected chi connectivity index (χ0v) is 14.5. The molecule has 1 saturated carbocycles. The Labute approximate surface area is 130 Å². The first kappa shape index (κ1) is 16.5. The summed E-state index contributed by atoms with van der Waals surface area (Å²) in [6, 6.07) is 0.647. The second-order valence-corrected chi connectivity index (χ2v) is 7.39. The van der Waals surface area contributed by atoms with Crippen LogP contribution in [0.25, 0.3) is 0 Å². The predicted octanol–water partition coefficient (Wildman–Crippen LogP) is 3.99. The van der Waals surface area contributed by atoms with E-state index in [1.54, 1.807) is 0 Å². The van der Waals surface area contributed by atoms with Crippen LogP contribution in [0.2, 0.25) is 0 Å². The van der Waals surface area contributed by atoms with E-state index >= 15 is 0 Å². The van der Waals surface area contributed by atoms with Gasteiger partial charge in [0.05, 0.1) is 6.20 Å². The maximum absolute atomic E-state index is 4.49. The molecular weight excluding hydrogens is 258 g/mol. The highest BCUT2D eigenvalue weighted by Gasteiger charge is 2.40. The van der Waals surface area contributed by atoms with E-state index in [2.05, 4.69) is 62.1 Å². The molecular formula is C18H33N3. The SMILES string of the molecule is CCCNC1CC(C)CCC1C(C)(C)c1cnn(CC)c1. The highest BCUT2D eigenvalue weighted by Crippen LogP contribution is 2.42. The van der Waals surface area contributed by atoms with Gasteiger partial charge in [0.15, 0.2) is 0 Å². The maximum atomic E-state index is 4.49. The van der Waals surface area contributed by atoms with Gasteiger partial charge in [0.1, 0.15) is 0 Å². The Morgan fingerprint density at radius 2 is 2.10 bits per heavy atom. The lowest BCUT2D eigenvalue weighted by Crippen LogP contribution is -2.48. The summed E-state index contributed by atoms with van der Waals surface area (Å²) in [4.78, 5) is 0. The zero-order chi connectivity index (χ0) is 15.5. The third-order valence-electron chi connectivity index (χ3n) is 5.40. The van der Waals surface area contributed by atoms with E-state index in [1.807, 2.05) is 0 Å². The molecule has 3 nitrogen and oxygen atoms in total. The van der Waals surface area contributed by atoms with E-state index in [0.717, 1.165) is 19.0 Å². The van der Waals surface area contributed by atoms with E-state index in [4.69, 9.17) is 0 Å². The van der Waals surface area contributed by atoms with Crippen molar-refractivity contribution in [2.75, 3.05) is 6.54 Å². The fourth-order valence-electron chi connectivity index (χ4n) is 3.88. The summed E-state index contributed by atoms with van der Waals surface area (Å²) in [5.74, 6) is 1.56. The Morgan fingerprint density at radius 1 is 1.33 bits per heavy atom. The molecule has 3 heteroatoms. The van der Waals surface area contributed by atoms with E-state index in [9.17, 15) is 0 Å². The molecule has 0 amide bonds. The number of hydrogen-bond acceptors (Lipinski definition) is 2. The quantitative estimate of drug-likeness (QED) is 0.859. The Kier molecular flexibility index (Phi) is 5.48. The van der Waals surface area contributed by atoms with Crippen molar-refractivity contribution in [1.29, 1.82) is 0 Å². The van der Waals surface area contributed by atoms with Crippen LogP contribution in [-0.4, -0.2) is 22.4 Å². The highest BCUT2D eigenvalue weighted by atomic mass is 15.3. The molecule has 120 valence electrons. The van der Waals surface area contributed by atoms with Gasteiger partial charge in [0.2, 0.25) is 0 Å². The first-order valence-electron chi connectivity index (χ1n) is 8.75. The van der Waals surface area contributed by atoms with Crippen molar-refractivity contribution < 1.29 is 0 Å². The van der Waals surface area contributed by atoms with Crippen molar-refractivity contribution in [2.24, 2.45) is 11.8 Å². The molecule has 0 spiro atoms. The van der Waals surface area contributed by atoms with E-state index < -0.39 is 0 Å². The van der Waals surface area contributed by atoms with Crippen LogP contribution in [0.4, 0.5) is 0 Å². The molecule has 0 bridgehead atoms. The first-order chi connectivity index (χ1) is 9.98. The van der Waals surface area contributed by atoms with Gasteiger partial charge in [-0.2, -0.15) is 5.10 Å². The number of rotatable bonds is 6. The maximum Gasteiger partial charge on any atom is 0.0527 e. The fourth-order valence-corrected chi connectivity index (χ4v) is 3.88. The topological polar surface area (TPSA) is 29.9 Å². The van der Waals surface area contributed by atoms with E-state index in [-0.39, 0.29) is 5.41 Å². The minimum atomic E-state index is 0.193. The van der Waals surface area contributed by atoms with Gasteiger partial charge in [-0.25, -0.2) is 0 Å². The molecule has 3 atom stereocenters. The van der Waals surface area contributed by atoms with Gasteiger partial charge in [-0.15, -0.1) is 0 Å². The normalized spacial score (nSPS) is 27.0. The molecule has 1 aromatic rings. The lowest BCUT2D eigenvalue weighted by atomic mass is 9.64. The molecule has 0 saturated heterocycles. The van der Waals surface area contributed by atoms with Crippen LogP contribution in [0, 0.1) is 11.8 Å². The van der Waals surface area contributed by atoms with E-state index in [1.165, 1.54) is 31.2 Å². The van der Waals surface area contributed by atoms with Gasteiger partial charge in [-0.05, 0) is 55.5 Å². The monoisotopic (exact) mass is 291 g/mol. The van der Waals surface area contributed by atoms with E-state index in [0.29, 0.717) is 12.0 Å². The molecule has 1 aliphatic carbocycles. The predicted molar refractivity (Wildman–Crippen MR) is 89.5 cm³/mol. The molecule has 0 aliphatic heterocycles. The summed E-state index contributed by atoms with van der Waals surface area (Å²) in [5.41, 5.74) is 1.59. The van der Waals surface area contributed by atoms with Crippen LogP contribution < -0.4 is 5.32 Å². The molecule has 1 aliphatic rings. The Hall–Kier alpha value is -0.830. The summed E-state index contributed by atoms with van der Waals surface area (Å²) in [5, 5.41) is 8.32. The minimum absolute atomic E-state index is 0.193. The lowest BCUT2D eigenvalue weighted by molar-refractivity contribution is 0.145. The molecule has 3 unspecified atom stereocenters. The standard InChI is InChI=1S/C18H33N3/c1-6-10-19-17-11-14(3)8-9-16(17)18(4,5)15-12-20-21(7-2)13-15/h12-14,16-17,19H,6-11H2,1-5H3. The number of aryl methyl sites for hydroxylation is 1. The Morgan fingerprint density at radius 3 is 2.71 bits per heavy atom. The average Bonchev–Trinajstić information content (AvgIpc) is 2.94. The van der Waals surface area contributed by atoms with Gasteiger partial charge in [-0.3, -0.25) is 4.68 Å². The summed E-state index contributed by atoms with van der Waals surface area (Å²) in [6.07, 6.45) is 9.54. The molecule has 1 heterocycles. The third-order valence-corrected chi connectivity index (χ3v) is 5.40. The summed E-state index contributed by atoms with van der Waals surface area (Å²) < 4.78 is 2.05. The van der Waals surface area contributed by atoms with Crippen LogP contribution in [0.3, 0.4) is 0 Å². The van der Waals surface area contributed by atoms with Crippen molar-refractivity contribution in [1.82, 2.24) is 15.1 Å².